The summed E-state index contributed by atoms with van der Waals surface area (Å²) in [6.07, 6.45) is 1.86. The Morgan fingerprint density at radius 1 is 1.28 bits per heavy atom. The Morgan fingerprint density at radius 2 is 2.06 bits per heavy atom. The molecule has 0 aliphatic carbocycles. The van der Waals surface area contributed by atoms with E-state index in [2.05, 4.69) is 20.3 Å². The fraction of sp³-hybridized carbons (Fsp3) is 0.286. The first-order valence-corrected chi connectivity index (χ1v) is 9.85. The number of ether oxygens (including phenoxy) is 1. The minimum Gasteiger partial charge on any atom is -0.460 e. The molecule has 0 saturated carbocycles. The molecule has 1 saturated heterocycles. The van der Waals surface area contributed by atoms with Gasteiger partial charge in [0.25, 0.3) is 0 Å². The average Bonchev–Trinajstić information content (AvgIpc) is 3.06. The number of hydrogen-bond donors (Lipinski definition) is 4. The van der Waals surface area contributed by atoms with Crippen molar-refractivity contribution in [1.29, 1.82) is 0 Å². The second-order valence-electron chi connectivity index (χ2n) is 7.36. The smallest absolute Gasteiger partial charge is 0.309 e. The Kier molecular flexibility index (Phi) is 6.98. The van der Waals surface area contributed by atoms with Gasteiger partial charge in [-0.3, -0.25) is 14.6 Å². The van der Waals surface area contributed by atoms with Crippen molar-refractivity contribution in [2.75, 3.05) is 6.54 Å². The van der Waals surface area contributed by atoms with Crippen molar-refractivity contribution in [2.45, 2.75) is 25.9 Å². The lowest BCUT2D eigenvalue weighted by molar-refractivity contribution is -0.144. The van der Waals surface area contributed by atoms with E-state index in [4.69, 9.17) is 21.9 Å². The second kappa shape index (κ2) is 9.86. The van der Waals surface area contributed by atoms with Gasteiger partial charge in [-0.25, -0.2) is 9.38 Å². The first-order chi connectivity index (χ1) is 15.2. The van der Waals surface area contributed by atoms with Crippen LogP contribution in [-0.4, -0.2) is 41.4 Å². The predicted octanol–water partition coefficient (Wildman–Crippen LogP) is 0.718. The molecule has 32 heavy (non-hydrogen) atoms. The van der Waals surface area contributed by atoms with Gasteiger partial charge in [0, 0.05) is 12.5 Å². The van der Waals surface area contributed by atoms with E-state index in [0.29, 0.717) is 35.3 Å². The lowest BCUT2D eigenvalue weighted by atomic mass is 9.95. The highest BCUT2D eigenvalue weighted by atomic mass is 19.1. The van der Waals surface area contributed by atoms with Crippen LogP contribution in [0.3, 0.4) is 0 Å². The summed E-state index contributed by atoms with van der Waals surface area (Å²) in [6, 6.07) is 7.94. The molecule has 2 aromatic rings. The number of rotatable bonds is 6. The van der Waals surface area contributed by atoms with Gasteiger partial charge in [0.05, 0.1) is 30.0 Å². The minimum atomic E-state index is -0.465. The number of aliphatic imine (C=N–C) groups is 2. The Bertz CT molecular complexity index is 1070. The molecule has 3 rings (SSSR count). The van der Waals surface area contributed by atoms with Crippen LogP contribution in [0.4, 0.5) is 10.1 Å². The number of guanidine groups is 2. The highest BCUT2D eigenvalue weighted by Gasteiger charge is 2.34. The van der Waals surface area contributed by atoms with Gasteiger partial charge in [-0.2, -0.15) is 4.99 Å². The summed E-state index contributed by atoms with van der Waals surface area (Å²) in [5.41, 5.74) is 17.8. The molecule has 1 aromatic carbocycles. The number of hydrogen-bond acceptors (Lipinski definition) is 5. The van der Waals surface area contributed by atoms with Gasteiger partial charge >= 0.3 is 5.97 Å². The Hall–Kier alpha value is -4.02. The van der Waals surface area contributed by atoms with Gasteiger partial charge in [0.15, 0.2) is 5.96 Å². The topological polar surface area (TPSA) is 171 Å². The number of nitrogens with two attached hydrogens (primary N) is 3. The van der Waals surface area contributed by atoms with Crippen LogP contribution < -0.4 is 22.5 Å². The lowest BCUT2D eigenvalue weighted by Gasteiger charge is -2.09. The Labute approximate surface area is 183 Å². The molecule has 2 unspecified atom stereocenters. The van der Waals surface area contributed by atoms with Crippen molar-refractivity contribution in [1.82, 2.24) is 10.3 Å². The largest absolute Gasteiger partial charge is 0.460 e. The predicted molar refractivity (Wildman–Crippen MR) is 117 cm³/mol. The molecule has 0 radical (unpaired) electrons. The number of benzene rings is 1. The molecule has 1 aliphatic heterocycles. The number of aromatic nitrogens is 1. The normalized spacial score (nSPS) is 18.2. The summed E-state index contributed by atoms with van der Waals surface area (Å²) in [5, 5.41) is 2.63. The molecular weight excluding hydrogens is 417 g/mol. The van der Waals surface area contributed by atoms with Gasteiger partial charge in [-0.05, 0) is 42.7 Å². The van der Waals surface area contributed by atoms with Gasteiger partial charge in [0.2, 0.25) is 11.9 Å². The van der Waals surface area contributed by atoms with Crippen molar-refractivity contribution in [2.24, 2.45) is 33.1 Å². The third kappa shape index (κ3) is 6.00. The number of carbonyl (C=O) groups is 2. The summed E-state index contributed by atoms with van der Waals surface area (Å²) in [6.45, 7) is 1.67. The monoisotopic (exact) mass is 441 g/mol. The summed E-state index contributed by atoms with van der Waals surface area (Å²) in [4.78, 5) is 34.9. The average molecular weight is 441 g/mol. The third-order valence-electron chi connectivity index (χ3n) is 4.77. The number of pyridine rings is 1. The van der Waals surface area contributed by atoms with E-state index in [-0.39, 0.29) is 42.4 Å². The van der Waals surface area contributed by atoms with E-state index in [1.165, 1.54) is 19.2 Å². The Morgan fingerprint density at radius 3 is 2.69 bits per heavy atom. The van der Waals surface area contributed by atoms with E-state index in [9.17, 15) is 14.0 Å². The number of nitrogens with one attached hydrogen (secondary N) is 1. The molecule has 1 aliphatic rings. The first-order valence-electron chi connectivity index (χ1n) is 9.85. The second-order valence-corrected chi connectivity index (χ2v) is 7.36. The SMILES string of the molecule is CC(=O)NCC1CC(Cc2ccc(-c3ccc(N=C(N)N=C(N)N)cn3)c(F)c2)C(=O)O1. The number of cyclic esters (lactones) is 1. The molecule has 1 aromatic heterocycles. The molecule has 1 fully saturated rings. The van der Waals surface area contributed by atoms with E-state index in [1.807, 2.05) is 0 Å². The molecule has 2 atom stereocenters. The van der Waals surface area contributed by atoms with Crippen LogP contribution in [0.1, 0.15) is 18.9 Å². The number of esters is 1. The van der Waals surface area contributed by atoms with Crippen LogP contribution in [0.25, 0.3) is 11.3 Å². The van der Waals surface area contributed by atoms with Crippen LogP contribution in [0, 0.1) is 11.7 Å². The molecule has 1 amide bonds. The molecule has 0 bridgehead atoms. The zero-order valence-corrected chi connectivity index (χ0v) is 17.4. The number of amides is 1. The molecule has 11 heteroatoms. The van der Waals surface area contributed by atoms with E-state index >= 15 is 0 Å². The van der Waals surface area contributed by atoms with E-state index < -0.39 is 5.82 Å². The first kappa shape index (κ1) is 22.7. The van der Waals surface area contributed by atoms with Gasteiger partial charge in [0.1, 0.15) is 11.9 Å². The maximum absolute atomic E-state index is 14.8. The lowest BCUT2D eigenvalue weighted by Crippen LogP contribution is -2.30. The molecule has 10 nitrogen and oxygen atoms in total. The standard InChI is InChI=1S/C21H24FN7O3/c1-11(30)26-10-15-8-13(19(31)32-15)6-12-2-4-16(17(22)7-12)18-5-3-14(9-27-18)28-21(25)29-20(23)24/h2-5,7,9,13,15H,6,8,10H2,1H3,(H,26,30)(H6,23,24,25,28,29). The van der Waals surface area contributed by atoms with Crippen LogP contribution in [-0.2, 0) is 20.7 Å². The minimum absolute atomic E-state index is 0.125. The van der Waals surface area contributed by atoms with Gasteiger partial charge in [-0.1, -0.05) is 6.07 Å². The van der Waals surface area contributed by atoms with Crippen molar-refractivity contribution in [3.8, 4) is 11.3 Å². The molecule has 2 heterocycles. The van der Waals surface area contributed by atoms with Crippen LogP contribution >= 0.6 is 0 Å². The zero-order chi connectivity index (χ0) is 23.3. The molecular formula is C21H24FN7O3. The van der Waals surface area contributed by atoms with Crippen molar-refractivity contribution in [3.05, 3.63) is 47.9 Å². The maximum Gasteiger partial charge on any atom is 0.309 e. The summed E-state index contributed by atoms with van der Waals surface area (Å²) in [5.74, 6) is -1.72. The molecule has 168 valence electrons. The summed E-state index contributed by atoms with van der Waals surface area (Å²) in [7, 11) is 0. The van der Waals surface area contributed by atoms with Crippen molar-refractivity contribution < 1.29 is 18.7 Å². The maximum atomic E-state index is 14.8. The Balaban J connectivity index is 1.67. The third-order valence-corrected chi connectivity index (χ3v) is 4.77. The number of halogens is 1. The van der Waals surface area contributed by atoms with Gasteiger partial charge < -0.3 is 27.3 Å². The van der Waals surface area contributed by atoms with Crippen LogP contribution in [0.2, 0.25) is 0 Å². The van der Waals surface area contributed by atoms with Crippen LogP contribution in [0.5, 0.6) is 0 Å². The molecule has 7 N–H and O–H groups in total. The number of nitrogens with zero attached hydrogens (tertiary/aromatic N) is 3. The quantitative estimate of drug-likeness (QED) is 0.290. The summed E-state index contributed by atoms with van der Waals surface area (Å²) >= 11 is 0. The van der Waals surface area contributed by atoms with E-state index in [1.54, 1.807) is 24.3 Å². The number of carbonyl (C=O) groups excluding carboxylic acids is 2. The summed E-state index contributed by atoms with van der Waals surface area (Å²) < 4.78 is 20.0. The van der Waals surface area contributed by atoms with Crippen LogP contribution in [0.15, 0.2) is 46.5 Å². The molecule has 0 spiro atoms. The zero-order valence-electron chi connectivity index (χ0n) is 17.4. The van der Waals surface area contributed by atoms with Gasteiger partial charge in [-0.15, -0.1) is 0 Å². The highest BCUT2D eigenvalue weighted by molar-refractivity contribution is 5.93. The van der Waals surface area contributed by atoms with Crippen molar-refractivity contribution >= 4 is 29.5 Å². The fourth-order valence-electron chi connectivity index (χ4n) is 3.35. The highest BCUT2D eigenvalue weighted by Crippen LogP contribution is 2.28. The van der Waals surface area contributed by atoms with E-state index in [0.717, 1.165) is 0 Å². The fourth-order valence-corrected chi connectivity index (χ4v) is 3.35. The van der Waals surface area contributed by atoms with Crippen molar-refractivity contribution in [3.63, 3.8) is 0 Å².